The van der Waals surface area contributed by atoms with Gasteiger partial charge in [-0.2, -0.15) is 5.10 Å². The van der Waals surface area contributed by atoms with Gasteiger partial charge in [0.2, 0.25) is 0 Å². The smallest absolute Gasteiger partial charge is 0.262 e. The highest BCUT2D eigenvalue weighted by molar-refractivity contribution is 6.35. The Labute approximate surface area is 224 Å². The second-order valence-electron chi connectivity index (χ2n) is 8.53. The molecule has 1 heterocycles. The van der Waals surface area contributed by atoms with Crippen LogP contribution in [0.4, 0.5) is 0 Å². The first kappa shape index (κ1) is 26.3. The Morgan fingerprint density at radius 2 is 1.76 bits per heavy atom. The van der Waals surface area contributed by atoms with Crippen LogP contribution in [-0.2, 0) is 16.0 Å². The highest BCUT2D eigenvalue weighted by Gasteiger charge is 2.25. The molecular formula is C28H26Cl2N4O3. The van der Waals surface area contributed by atoms with E-state index in [9.17, 15) is 9.59 Å². The predicted octanol–water partition coefficient (Wildman–Crippen LogP) is 5.43. The van der Waals surface area contributed by atoms with Crippen LogP contribution in [0, 0.1) is 6.92 Å². The third-order valence-electron chi connectivity index (χ3n) is 5.79. The molecule has 0 unspecified atom stereocenters. The Morgan fingerprint density at radius 3 is 2.51 bits per heavy atom. The van der Waals surface area contributed by atoms with Gasteiger partial charge < -0.3 is 15.0 Å². The van der Waals surface area contributed by atoms with E-state index in [0.717, 1.165) is 27.7 Å². The molecule has 190 valence electrons. The molecule has 3 aromatic carbocycles. The number of hydrogen-bond acceptors (Lipinski definition) is 4. The molecule has 1 aromatic heterocycles. The van der Waals surface area contributed by atoms with Gasteiger partial charge in [0.05, 0.1) is 11.2 Å². The predicted molar refractivity (Wildman–Crippen MR) is 147 cm³/mol. The molecule has 0 aliphatic carbocycles. The number of hydrazone groups is 1. The Balaban J connectivity index is 1.47. The lowest BCUT2D eigenvalue weighted by atomic mass is 10.1. The minimum Gasteiger partial charge on any atom is -0.479 e. The van der Waals surface area contributed by atoms with Gasteiger partial charge in [0.1, 0.15) is 11.8 Å². The lowest BCUT2D eigenvalue weighted by Gasteiger charge is -2.21. The third kappa shape index (κ3) is 6.70. The van der Waals surface area contributed by atoms with Crippen molar-refractivity contribution in [3.63, 3.8) is 0 Å². The molecule has 3 N–H and O–H groups in total. The number of hydrogen-bond donors (Lipinski definition) is 3. The molecule has 9 heteroatoms. The van der Waals surface area contributed by atoms with Crippen LogP contribution in [0.3, 0.4) is 0 Å². The number of rotatable bonds is 9. The summed E-state index contributed by atoms with van der Waals surface area (Å²) in [6.07, 6.45) is 0.957. The van der Waals surface area contributed by atoms with E-state index in [1.807, 2.05) is 61.5 Å². The summed E-state index contributed by atoms with van der Waals surface area (Å²) in [5, 5.41) is 8.69. The number of nitrogens with one attached hydrogen (secondary N) is 3. The molecule has 2 atom stereocenters. The zero-order valence-electron chi connectivity index (χ0n) is 20.3. The van der Waals surface area contributed by atoms with Crippen molar-refractivity contribution >= 4 is 52.1 Å². The lowest BCUT2D eigenvalue weighted by Crippen LogP contribution is -2.50. The molecule has 0 spiro atoms. The Hall–Kier alpha value is -3.81. The molecule has 0 radical (unpaired) electrons. The summed E-state index contributed by atoms with van der Waals surface area (Å²) in [5.74, 6) is -0.613. The number of amides is 2. The Kier molecular flexibility index (Phi) is 8.48. The van der Waals surface area contributed by atoms with E-state index >= 15 is 0 Å². The number of para-hydroxylation sites is 1. The van der Waals surface area contributed by atoms with Gasteiger partial charge in [-0.25, -0.2) is 5.43 Å². The summed E-state index contributed by atoms with van der Waals surface area (Å²) in [4.78, 5) is 29.4. The molecule has 4 aromatic rings. The first-order chi connectivity index (χ1) is 17.8. The van der Waals surface area contributed by atoms with E-state index in [4.69, 9.17) is 27.9 Å². The summed E-state index contributed by atoms with van der Waals surface area (Å²) in [5.41, 5.74) is 6.24. The van der Waals surface area contributed by atoms with E-state index < -0.39 is 24.0 Å². The van der Waals surface area contributed by atoms with Gasteiger partial charge in [-0.05, 0) is 43.7 Å². The number of halogens is 2. The number of ether oxygens (including phenoxy) is 1. The van der Waals surface area contributed by atoms with E-state index in [1.54, 1.807) is 25.3 Å². The van der Waals surface area contributed by atoms with Crippen LogP contribution in [0.1, 0.15) is 23.7 Å². The van der Waals surface area contributed by atoms with Crippen LogP contribution in [0.2, 0.25) is 10.0 Å². The number of fused-ring (bicyclic) bond motifs is 1. The third-order valence-corrected chi connectivity index (χ3v) is 6.32. The fraction of sp³-hybridized carbons (Fsp3) is 0.179. The minimum absolute atomic E-state index is 0.272. The summed E-state index contributed by atoms with van der Waals surface area (Å²) in [6, 6.07) is 21.1. The van der Waals surface area contributed by atoms with Gasteiger partial charge in [-0.1, -0.05) is 71.7 Å². The van der Waals surface area contributed by atoms with Crippen molar-refractivity contribution in [2.45, 2.75) is 32.4 Å². The first-order valence-electron chi connectivity index (χ1n) is 11.7. The molecular weight excluding hydrogens is 511 g/mol. The van der Waals surface area contributed by atoms with Gasteiger partial charge >= 0.3 is 0 Å². The van der Waals surface area contributed by atoms with Crippen molar-refractivity contribution in [2.75, 3.05) is 0 Å². The zero-order valence-corrected chi connectivity index (χ0v) is 21.8. The number of nitrogens with zero attached hydrogens (tertiary/aromatic N) is 1. The molecule has 37 heavy (non-hydrogen) atoms. The van der Waals surface area contributed by atoms with Gasteiger partial charge in [0.25, 0.3) is 11.8 Å². The normalized spacial score (nSPS) is 12.9. The number of benzene rings is 3. The number of carbonyl (C=O) groups is 2. The number of carbonyl (C=O) groups excluding carboxylic acids is 2. The average molecular weight is 537 g/mol. The molecule has 4 rings (SSSR count). The Bertz CT molecular complexity index is 1440. The molecule has 0 saturated heterocycles. The number of aromatic amines is 1. The maximum absolute atomic E-state index is 13.1. The number of aryl methyl sites for hydroxylation is 1. The van der Waals surface area contributed by atoms with Crippen LogP contribution in [-0.4, -0.2) is 35.2 Å². The van der Waals surface area contributed by atoms with Gasteiger partial charge in [0, 0.05) is 33.6 Å². The van der Waals surface area contributed by atoms with Crippen molar-refractivity contribution in [2.24, 2.45) is 5.10 Å². The van der Waals surface area contributed by atoms with Crippen molar-refractivity contribution in [3.05, 3.63) is 99.7 Å². The standard InChI is InChI=1S/C28H26Cl2N4O3/c1-17-22(21-10-6-7-11-24(21)32-17)16-31-34-28(36)25(14-19-8-4-3-5-9-19)33-27(35)18(2)37-26-13-12-20(29)15-23(26)30/h3-13,15-16,18,25,32H,14H2,1-2H3,(H,33,35)(H,34,36)/b31-16-/t18-,25-/m1/s1. The fourth-order valence-corrected chi connectivity index (χ4v) is 4.32. The topological polar surface area (TPSA) is 95.6 Å². The molecule has 0 aliphatic heterocycles. The maximum Gasteiger partial charge on any atom is 0.262 e. The zero-order chi connectivity index (χ0) is 26.4. The van der Waals surface area contributed by atoms with E-state index in [-0.39, 0.29) is 11.4 Å². The second-order valence-corrected chi connectivity index (χ2v) is 9.37. The van der Waals surface area contributed by atoms with Crippen molar-refractivity contribution < 1.29 is 14.3 Å². The largest absolute Gasteiger partial charge is 0.479 e. The van der Waals surface area contributed by atoms with Gasteiger partial charge in [-0.15, -0.1) is 0 Å². The minimum atomic E-state index is -0.915. The van der Waals surface area contributed by atoms with Crippen LogP contribution in [0.25, 0.3) is 10.9 Å². The lowest BCUT2D eigenvalue weighted by molar-refractivity contribution is -0.132. The molecule has 0 bridgehead atoms. The second kappa shape index (κ2) is 12.0. The van der Waals surface area contributed by atoms with E-state index in [1.165, 1.54) is 6.07 Å². The maximum atomic E-state index is 13.1. The van der Waals surface area contributed by atoms with Crippen molar-refractivity contribution in [1.29, 1.82) is 0 Å². The van der Waals surface area contributed by atoms with Crippen LogP contribution < -0.4 is 15.5 Å². The Morgan fingerprint density at radius 1 is 1.03 bits per heavy atom. The summed E-state index contributed by atoms with van der Waals surface area (Å²) >= 11 is 12.1. The van der Waals surface area contributed by atoms with Crippen molar-refractivity contribution in [1.82, 2.24) is 15.7 Å². The highest BCUT2D eigenvalue weighted by Crippen LogP contribution is 2.28. The van der Waals surface area contributed by atoms with Gasteiger partial charge in [-0.3, -0.25) is 9.59 Å². The molecule has 0 fully saturated rings. The molecule has 0 saturated carbocycles. The summed E-state index contributed by atoms with van der Waals surface area (Å²) in [7, 11) is 0. The van der Waals surface area contributed by atoms with E-state index in [0.29, 0.717) is 10.8 Å². The highest BCUT2D eigenvalue weighted by atomic mass is 35.5. The SMILES string of the molecule is Cc1[nH]c2ccccc2c1/C=N\NC(=O)[C@@H](Cc1ccccc1)NC(=O)[C@@H](C)Oc1ccc(Cl)cc1Cl. The number of H-pyrrole nitrogens is 1. The molecule has 7 nitrogen and oxygen atoms in total. The number of aromatic nitrogens is 1. The molecule has 2 amide bonds. The fourth-order valence-electron chi connectivity index (χ4n) is 3.87. The first-order valence-corrected chi connectivity index (χ1v) is 12.4. The quantitative estimate of drug-likeness (QED) is 0.196. The van der Waals surface area contributed by atoms with Gasteiger partial charge in [0.15, 0.2) is 6.10 Å². The van der Waals surface area contributed by atoms with Crippen molar-refractivity contribution in [3.8, 4) is 5.75 Å². The van der Waals surface area contributed by atoms with Crippen LogP contribution >= 0.6 is 23.2 Å². The summed E-state index contributed by atoms with van der Waals surface area (Å²) in [6.45, 7) is 3.52. The molecule has 0 aliphatic rings. The van der Waals surface area contributed by atoms with Crippen LogP contribution in [0.5, 0.6) is 5.75 Å². The van der Waals surface area contributed by atoms with Crippen LogP contribution in [0.15, 0.2) is 77.9 Å². The average Bonchev–Trinajstić information content (AvgIpc) is 3.20. The summed E-state index contributed by atoms with van der Waals surface area (Å²) < 4.78 is 5.71. The monoisotopic (exact) mass is 536 g/mol. The van der Waals surface area contributed by atoms with E-state index in [2.05, 4.69) is 20.8 Å².